The number of nitrogen functional groups attached to an aromatic ring is 1. The average Bonchev–Trinajstić information content (AvgIpc) is 2.55. The molecule has 2 N–H and O–H groups in total. The lowest BCUT2D eigenvalue weighted by Gasteiger charge is -2.36. The quantitative estimate of drug-likeness (QED) is 0.882. The topological polar surface area (TPSA) is 54.6 Å². The summed E-state index contributed by atoms with van der Waals surface area (Å²) in [6.07, 6.45) is 4.13. The van der Waals surface area contributed by atoms with Crippen LogP contribution in [0.25, 0.3) is 10.8 Å². The van der Waals surface area contributed by atoms with Crippen molar-refractivity contribution in [1.82, 2.24) is 9.88 Å². The normalized spacial score (nSPS) is 16.9. The Hall–Kier alpha value is -2.01. The van der Waals surface area contributed by atoms with Crippen molar-refractivity contribution in [3.63, 3.8) is 0 Å². The van der Waals surface area contributed by atoms with Crippen LogP contribution in [0.2, 0.25) is 0 Å². The molecule has 22 heavy (non-hydrogen) atoms. The third-order valence-electron chi connectivity index (χ3n) is 4.69. The number of piperidine rings is 1. The van der Waals surface area contributed by atoms with E-state index in [-0.39, 0.29) is 0 Å². The maximum atomic E-state index is 6.24. The number of nitrogens with two attached hydrogens (primary N) is 1. The molecule has 0 aliphatic carbocycles. The van der Waals surface area contributed by atoms with Gasteiger partial charge in [0.05, 0.1) is 12.5 Å². The third kappa shape index (κ3) is 2.57. The van der Waals surface area contributed by atoms with Crippen molar-refractivity contribution in [2.75, 3.05) is 44.9 Å². The minimum absolute atomic E-state index is 0.500. The molecule has 1 aliphatic rings. The fourth-order valence-electron chi connectivity index (χ4n) is 3.28. The van der Waals surface area contributed by atoms with Gasteiger partial charge >= 0.3 is 0 Å². The van der Waals surface area contributed by atoms with Crippen LogP contribution in [0.4, 0.5) is 11.5 Å². The van der Waals surface area contributed by atoms with Gasteiger partial charge in [0.2, 0.25) is 0 Å². The van der Waals surface area contributed by atoms with E-state index in [0.29, 0.717) is 6.04 Å². The van der Waals surface area contributed by atoms with Gasteiger partial charge in [0.25, 0.3) is 0 Å². The van der Waals surface area contributed by atoms with Crippen LogP contribution in [0.15, 0.2) is 24.4 Å². The Labute approximate surface area is 131 Å². The second-order valence-electron chi connectivity index (χ2n) is 6.06. The van der Waals surface area contributed by atoms with Crippen LogP contribution in [0.5, 0.6) is 5.75 Å². The van der Waals surface area contributed by atoms with Gasteiger partial charge in [-0.05, 0) is 51.2 Å². The van der Waals surface area contributed by atoms with E-state index >= 15 is 0 Å². The van der Waals surface area contributed by atoms with E-state index in [0.717, 1.165) is 54.0 Å². The van der Waals surface area contributed by atoms with Crippen molar-refractivity contribution < 1.29 is 4.74 Å². The molecule has 5 heteroatoms. The maximum Gasteiger partial charge on any atom is 0.138 e. The van der Waals surface area contributed by atoms with E-state index in [2.05, 4.69) is 28.9 Å². The number of methoxy groups -OCH3 is 1. The highest BCUT2D eigenvalue weighted by Gasteiger charge is 2.23. The predicted molar refractivity (Wildman–Crippen MR) is 91.6 cm³/mol. The molecule has 0 atom stereocenters. The summed E-state index contributed by atoms with van der Waals surface area (Å²) >= 11 is 0. The Bertz CT molecular complexity index is 665. The summed E-state index contributed by atoms with van der Waals surface area (Å²) < 4.78 is 5.47. The Morgan fingerprint density at radius 1 is 1.27 bits per heavy atom. The Balaban J connectivity index is 2.03. The largest absolute Gasteiger partial charge is 0.496 e. The van der Waals surface area contributed by atoms with Crippen LogP contribution in [0.3, 0.4) is 0 Å². The summed E-state index contributed by atoms with van der Waals surface area (Å²) in [5.74, 6) is 1.79. The second-order valence-corrected chi connectivity index (χ2v) is 6.06. The first-order valence-corrected chi connectivity index (χ1v) is 7.74. The lowest BCUT2D eigenvalue weighted by Crippen LogP contribution is -2.42. The Morgan fingerprint density at radius 3 is 2.68 bits per heavy atom. The van der Waals surface area contributed by atoms with Crippen LogP contribution in [-0.4, -0.2) is 50.2 Å². The first kappa shape index (κ1) is 14.9. The molecule has 118 valence electrons. The van der Waals surface area contributed by atoms with Crippen molar-refractivity contribution in [3.05, 3.63) is 24.4 Å². The minimum Gasteiger partial charge on any atom is -0.496 e. The van der Waals surface area contributed by atoms with Crippen LogP contribution in [-0.2, 0) is 0 Å². The van der Waals surface area contributed by atoms with E-state index in [1.165, 1.54) is 0 Å². The van der Waals surface area contributed by atoms with Crippen LogP contribution >= 0.6 is 0 Å². The van der Waals surface area contributed by atoms with Gasteiger partial charge in [-0.25, -0.2) is 4.98 Å². The van der Waals surface area contributed by atoms with Gasteiger partial charge in [0.1, 0.15) is 11.6 Å². The number of pyridine rings is 1. The number of hydrogen-bond donors (Lipinski definition) is 1. The van der Waals surface area contributed by atoms with E-state index in [9.17, 15) is 0 Å². The summed E-state index contributed by atoms with van der Waals surface area (Å²) in [7, 11) is 5.98. The van der Waals surface area contributed by atoms with Gasteiger partial charge < -0.3 is 20.3 Å². The molecule has 0 saturated carbocycles. The fraction of sp³-hybridized carbons (Fsp3) is 0.471. The summed E-state index contributed by atoms with van der Waals surface area (Å²) in [6.45, 7) is 2.25. The molecule has 1 saturated heterocycles. The zero-order valence-electron chi connectivity index (χ0n) is 13.5. The van der Waals surface area contributed by atoms with Crippen LogP contribution < -0.4 is 15.4 Å². The van der Waals surface area contributed by atoms with Crippen molar-refractivity contribution in [1.29, 1.82) is 0 Å². The molecular formula is C17H24N4O. The molecule has 5 nitrogen and oxygen atoms in total. The zero-order valence-corrected chi connectivity index (χ0v) is 13.5. The van der Waals surface area contributed by atoms with Crippen molar-refractivity contribution in [3.8, 4) is 5.75 Å². The van der Waals surface area contributed by atoms with E-state index < -0.39 is 0 Å². The molecule has 3 rings (SSSR count). The third-order valence-corrected chi connectivity index (χ3v) is 4.69. The number of fused-ring (bicyclic) bond motifs is 1. The first-order valence-electron chi connectivity index (χ1n) is 7.74. The number of nitrogens with zero attached hydrogens (tertiary/aromatic N) is 3. The zero-order chi connectivity index (χ0) is 15.7. The van der Waals surface area contributed by atoms with Gasteiger partial charge in [-0.3, -0.25) is 0 Å². The summed E-state index contributed by atoms with van der Waals surface area (Å²) in [5, 5.41) is 2.01. The number of aromatic nitrogens is 1. The number of anilines is 2. The van der Waals surface area contributed by atoms with E-state index in [1.54, 1.807) is 7.11 Å². The molecule has 0 unspecified atom stereocenters. The molecule has 1 fully saturated rings. The van der Waals surface area contributed by atoms with Crippen LogP contribution in [0, 0.1) is 0 Å². The highest BCUT2D eigenvalue weighted by Crippen LogP contribution is 2.36. The predicted octanol–water partition coefficient (Wildman–Crippen LogP) is 2.36. The Kier molecular flexibility index (Phi) is 4.07. The van der Waals surface area contributed by atoms with E-state index in [4.69, 9.17) is 10.5 Å². The molecule has 0 amide bonds. The van der Waals surface area contributed by atoms with E-state index in [1.807, 2.05) is 24.4 Å². The smallest absolute Gasteiger partial charge is 0.138 e. The Morgan fingerprint density at radius 2 is 2.00 bits per heavy atom. The number of ether oxygens (including phenoxy) is 1. The number of likely N-dealkylation sites (tertiary alicyclic amines) is 1. The lowest BCUT2D eigenvalue weighted by molar-refractivity contribution is 0.252. The molecule has 2 aromatic rings. The van der Waals surface area contributed by atoms with Crippen LogP contribution in [0.1, 0.15) is 12.8 Å². The number of benzene rings is 1. The van der Waals surface area contributed by atoms with Gasteiger partial charge in [-0.2, -0.15) is 0 Å². The standard InChI is InChI=1S/C17H24N4O/c1-20-10-7-12(8-11-20)21(2)17-16-13(6-9-19-17)15(22-3)5-4-14(16)18/h4-6,9,12H,7-8,10-11,18H2,1-3H3. The number of hydrogen-bond acceptors (Lipinski definition) is 5. The minimum atomic E-state index is 0.500. The maximum absolute atomic E-state index is 6.24. The summed E-state index contributed by atoms with van der Waals surface area (Å²) in [6, 6.07) is 6.28. The first-order chi connectivity index (χ1) is 10.6. The molecule has 0 spiro atoms. The molecule has 0 bridgehead atoms. The summed E-state index contributed by atoms with van der Waals surface area (Å²) in [5.41, 5.74) is 6.99. The average molecular weight is 300 g/mol. The van der Waals surface area contributed by atoms with Gasteiger partial charge in [-0.15, -0.1) is 0 Å². The van der Waals surface area contributed by atoms with Gasteiger partial charge in [0.15, 0.2) is 0 Å². The summed E-state index contributed by atoms with van der Waals surface area (Å²) in [4.78, 5) is 9.27. The molecule has 1 aliphatic heterocycles. The lowest BCUT2D eigenvalue weighted by atomic mass is 10.0. The highest BCUT2D eigenvalue weighted by molar-refractivity contribution is 6.04. The monoisotopic (exact) mass is 300 g/mol. The van der Waals surface area contributed by atoms with Crippen molar-refractivity contribution in [2.24, 2.45) is 0 Å². The SMILES string of the molecule is COc1ccc(N)c2c(N(C)C3CCN(C)CC3)nccc12. The van der Waals surface area contributed by atoms with Crippen molar-refractivity contribution in [2.45, 2.75) is 18.9 Å². The van der Waals surface area contributed by atoms with Gasteiger partial charge in [-0.1, -0.05) is 0 Å². The molecule has 1 aromatic heterocycles. The fourth-order valence-corrected chi connectivity index (χ4v) is 3.28. The number of rotatable bonds is 3. The second kappa shape index (κ2) is 6.01. The molecular weight excluding hydrogens is 276 g/mol. The molecule has 1 aromatic carbocycles. The highest BCUT2D eigenvalue weighted by atomic mass is 16.5. The van der Waals surface area contributed by atoms with Gasteiger partial charge in [0, 0.05) is 30.4 Å². The molecule has 0 radical (unpaired) electrons. The van der Waals surface area contributed by atoms with Crippen molar-refractivity contribution >= 4 is 22.3 Å². The molecule has 2 heterocycles.